The lowest BCUT2D eigenvalue weighted by atomic mass is 10.0. The van der Waals surface area contributed by atoms with Crippen LogP contribution in [-0.4, -0.2) is 81.9 Å². The minimum absolute atomic E-state index is 0.123. The number of nitrogens with one attached hydrogen (secondary N) is 3. The number of carbonyl (C=O) groups is 4. The number of unbranched alkanes of at least 4 members (excludes halogenated alkanes) is 1. The summed E-state index contributed by atoms with van der Waals surface area (Å²) < 4.78 is 0. The molecule has 0 aromatic rings. The molecule has 0 aliphatic rings. The zero-order valence-corrected chi connectivity index (χ0v) is 18.5. The molecule has 0 aromatic carbocycles. The molecule has 0 fully saturated rings. The minimum Gasteiger partial charge on any atom is -0.480 e. The van der Waals surface area contributed by atoms with Gasteiger partial charge in [-0.1, -0.05) is 13.8 Å². The molecule has 0 spiro atoms. The number of hydrogen-bond donors (Lipinski definition) is 8. The van der Waals surface area contributed by atoms with Crippen LogP contribution in [0.3, 0.4) is 0 Å². The first kappa shape index (κ1) is 28.7. The van der Waals surface area contributed by atoms with Crippen molar-refractivity contribution in [3.05, 3.63) is 0 Å². The van der Waals surface area contributed by atoms with E-state index < -0.39 is 60.1 Å². The quantitative estimate of drug-likeness (QED) is 0.131. The van der Waals surface area contributed by atoms with Gasteiger partial charge in [-0.15, -0.1) is 0 Å². The molecule has 12 nitrogen and oxygen atoms in total. The highest BCUT2D eigenvalue weighted by Gasteiger charge is 2.34. The van der Waals surface area contributed by atoms with Gasteiger partial charge in [-0.05, 0) is 45.6 Å². The maximum atomic E-state index is 12.6. The molecule has 180 valence electrons. The molecule has 0 radical (unpaired) electrons. The van der Waals surface area contributed by atoms with Crippen LogP contribution in [0.1, 0.15) is 47.0 Å². The fourth-order valence-corrected chi connectivity index (χ4v) is 2.62. The van der Waals surface area contributed by atoms with E-state index >= 15 is 0 Å². The Labute approximate surface area is 182 Å². The lowest BCUT2D eigenvalue weighted by Crippen LogP contribution is -2.62. The van der Waals surface area contributed by atoms with Crippen LogP contribution >= 0.6 is 0 Å². The standard InChI is InChI=1S/C19H37N5O7/c1-9(2)13(21)16(27)23-15(11(4)26)18(29)24-14(10(3)25)17(28)22-12(19(30)31)7-5-6-8-20/h9-15,25-26H,5-8,20-21H2,1-4H3,(H,22,28)(H,23,27)(H,24,29)(H,30,31). The molecule has 12 heteroatoms. The maximum Gasteiger partial charge on any atom is 0.326 e. The van der Waals surface area contributed by atoms with Gasteiger partial charge in [-0.25, -0.2) is 4.79 Å². The van der Waals surface area contributed by atoms with Crippen molar-refractivity contribution in [1.29, 1.82) is 0 Å². The van der Waals surface area contributed by atoms with Crippen LogP contribution in [0, 0.1) is 5.92 Å². The maximum absolute atomic E-state index is 12.6. The van der Waals surface area contributed by atoms with Crippen LogP contribution in [0.15, 0.2) is 0 Å². The first-order chi connectivity index (χ1) is 14.3. The van der Waals surface area contributed by atoms with Crippen molar-refractivity contribution in [1.82, 2.24) is 16.0 Å². The summed E-state index contributed by atoms with van der Waals surface area (Å²) in [5, 5.41) is 36.0. The summed E-state index contributed by atoms with van der Waals surface area (Å²) in [6.07, 6.45) is -1.55. The van der Waals surface area contributed by atoms with E-state index in [4.69, 9.17) is 11.5 Å². The van der Waals surface area contributed by atoms with Crippen LogP contribution in [0.25, 0.3) is 0 Å². The number of amides is 3. The van der Waals surface area contributed by atoms with E-state index in [1.807, 2.05) is 0 Å². The molecule has 0 aliphatic heterocycles. The molecule has 6 unspecified atom stereocenters. The van der Waals surface area contributed by atoms with Crippen molar-refractivity contribution in [3.63, 3.8) is 0 Å². The Kier molecular flexibility index (Phi) is 12.9. The summed E-state index contributed by atoms with van der Waals surface area (Å²) in [6.45, 7) is 6.30. The number of nitrogens with two attached hydrogens (primary N) is 2. The Morgan fingerprint density at radius 2 is 1.26 bits per heavy atom. The Morgan fingerprint density at radius 1 is 0.806 bits per heavy atom. The van der Waals surface area contributed by atoms with Crippen molar-refractivity contribution < 1.29 is 34.5 Å². The highest BCUT2D eigenvalue weighted by molar-refractivity contribution is 5.94. The average Bonchev–Trinajstić information content (AvgIpc) is 2.67. The van der Waals surface area contributed by atoms with Crippen molar-refractivity contribution in [2.75, 3.05) is 6.54 Å². The first-order valence-electron chi connectivity index (χ1n) is 10.3. The molecule has 31 heavy (non-hydrogen) atoms. The largest absolute Gasteiger partial charge is 0.480 e. The van der Waals surface area contributed by atoms with E-state index in [-0.39, 0.29) is 12.3 Å². The number of aliphatic hydroxyl groups excluding tert-OH is 2. The third-order valence-electron chi connectivity index (χ3n) is 4.71. The second-order valence-corrected chi connectivity index (χ2v) is 7.91. The fourth-order valence-electron chi connectivity index (χ4n) is 2.62. The molecule has 0 aliphatic carbocycles. The molecule has 0 aromatic heterocycles. The van der Waals surface area contributed by atoms with E-state index in [9.17, 15) is 34.5 Å². The smallest absolute Gasteiger partial charge is 0.326 e. The van der Waals surface area contributed by atoms with Crippen LogP contribution in [-0.2, 0) is 19.2 Å². The topological polar surface area (TPSA) is 217 Å². The molecule has 0 rings (SSSR count). The van der Waals surface area contributed by atoms with Crippen LogP contribution < -0.4 is 27.4 Å². The summed E-state index contributed by atoms with van der Waals surface area (Å²) in [4.78, 5) is 48.7. The Morgan fingerprint density at radius 3 is 1.65 bits per heavy atom. The van der Waals surface area contributed by atoms with Crippen LogP contribution in [0.2, 0.25) is 0 Å². The van der Waals surface area contributed by atoms with Gasteiger partial charge in [0.15, 0.2) is 0 Å². The second kappa shape index (κ2) is 13.9. The molecule has 0 bridgehead atoms. The van der Waals surface area contributed by atoms with Gasteiger partial charge in [-0.2, -0.15) is 0 Å². The van der Waals surface area contributed by atoms with Gasteiger partial charge in [0.1, 0.15) is 18.1 Å². The summed E-state index contributed by atoms with van der Waals surface area (Å²) in [5.74, 6) is -4.01. The molecule has 6 atom stereocenters. The van der Waals surface area contributed by atoms with Crippen LogP contribution in [0.4, 0.5) is 0 Å². The van der Waals surface area contributed by atoms with E-state index in [2.05, 4.69) is 16.0 Å². The molecular formula is C19H37N5O7. The van der Waals surface area contributed by atoms with Gasteiger partial charge in [0.2, 0.25) is 17.7 Å². The van der Waals surface area contributed by atoms with Gasteiger partial charge in [0, 0.05) is 0 Å². The zero-order chi connectivity index (χ0) is 24.3. The highest BCUT2D eigenvalue weighted by atomic mass is 16.4. The number of carboxylic acid groups (broad SMARTS) is 1. The summed E-state index contributed by atoms with van der Waals surface area (Å²) >= 11 is 0. The molecule has 10 N–H and O–H groups in total. The average molecular weight is 448 g/mol. The molecule has 0 heterocycles. The number of carbonyl (C=O) groups excluding carboxylic acids is 3. The Hall–Kier alpha value is -2.28. The second-order valence-electron chi connectivity index (χ2n) is 7.91. The van der Waals surface area contributed by atoms with Gasteiger partial charge in [0.25, 0.3) is 0 Å². The number of rotatable bonds is 14. The first-order valence-corrected chi connectivity index (χ1v) is 10.3. The van der Waals surface area contributed by atoms with Crippen molar-refractivity contribution in [2.45, 2.75) is 83.3 Å². The lowest BCUT2D eigenvalue weighted by Gasteiger charge is -2.28. The van der Waals surface area contributed by atoms with Crippen molar-refractivity contribution in [2.24, 2.45) is 17.4 Å². The van der Waals surface area contributed by atoms with Crippen molar-refractivity contribution in [3.8, 4) is 0 Å². The number of aliphatic carboxylic acids is 1. The molecular weight excluding hydrogens is 410 g/mol. The summed E-state index contributed by atoms with van der Waals surface area (Å²) in [7, 11) is 0. The third-order valence-corrected chi connectivity index (χ3v) is 4.71. The molecule has 0 saturated carbocycles. The van der Waals surface area contributed by atoms with Gasteiger partial charge in [0.05, 0.1) is 18.2 Å². The van der Waals surface area contributed by atoms with E-state index in [0.29, 0.717) is 19.4 Å². The van der Waals surface area contributed by atoms with Gasteiger partial charge < -0.3 is 42.7 Å². The molecule has 0 saturated heterocycles. The number of hydrogen-bond acceptors (Lipinski definition) is 8. The SMILES string of the molecule is CC(C)C(N)C(=O)NC(C(=O)NC(C(=O)NC(CCCCN)C(=O)O)C(C)O)C(C)O. The number of carboxylic acids is 1. The Balaban J connectivity index is 5.30. The summed E-state index contributed by atoms with van der Waals surface area (Å²) in [5.41, 5.74) is 11.1. The monoisotopic (exact) mass is 447 g/mol. The van der Waals surface area contributed by atoms with Gasteiger partial charge in [-0.3, -0.25) is 14.4 Å². The summed E-state index contributed by atoms with van der Waals surface area (Å²) in [6, 6.07) is -5.10. The van der Waals surface area contributed by atoms with Gasteiger partial charge >= 0.3 is 5.97 Å². The van der Waals surface area contributed by atoms with Crippen molar-refractivity contribution >= 4 is 23.7 Å². The highest BCUT2D eigenvalue weighted by Crippen LogP contribution is 2.05. The minimum atomic E-state index is -1.51. The zero-order valence-electron chi connectivity index (χ0n) is 18.5. The predicted octanol–water partition coefficient (Wildman–Crippen LogP) is -2.60. The normalized spacial score (nSPS) is 17.1. The van der Waals surface area contributed by atoms with E-state index in [1.165, 1.54) is 13.8 Å². The third kappa shape index (κ3) is 10.0. The fraction of sp³-hybridized carbons (Fsp3) is 0.789. The van der Waals surface area contributed by atoms with E-state index in [0.717, 1.165) is 0 Å². The number of aliphatic hydroxyl groups is 2. The predicted molar refractivity (Wildman–Crippen MR) is 113 cm³/mol. The van der Waals surface area contributed by atoms with E-state index in [1.54, 1.807) is 13.8 Å². The Bertz CT molecular complexity index is 612. The molecule has 3 amide bonds. The lowest BCUT2D eigenvalue weighted by molar-refractivity contribution is -0.143. The van der Waals surface area contributed by atoms with Crippen LogP contribution in [0.5, 0.6) is 0 Å².